The third-order valence-corrected chi connectivity index (χ3v) is 6.49. The number of likely N-dealkylation sites (tertiary alicyclic amines) is 1. The molecule has 0 unspecified atom stereocenters. The van der Waals surface area contributed by atoms with Crippen molar-refractivity contribution in [1.29, 1.82) is 0 Å². The molecule has 0 aromatic carbocycles. The van der Waals surface area contributed by atoms with E-state index >= 15 is 0 Å². The fourth-order valence-corrected chi connectivity index (χ4v) is 4.27. The molecule has 4 rings (SSSR count). The van der Waals surface area contributed by atoms with E-state index in [-0.39, 0.29) is 24.0 Å². The van der Waals surface area contributed by atoms with Crippen LogP contribution in [0.2, 0.25) is 0 Å². The number of aliphatic imine (C=N–C) groups is 1. The Morgan fingerprint density at radius 3 is 2.69 bits per heavy atom. The van der Waals surface area contributed by atoms with Gasteiger partial charge in [-0.2, -0.15) is 0 Å². The molecule has 0 spiro atoms. The van der Waals surface area contributed by atoms with Crippen LogP contribution < -0.4 is 10.6 Å². The summed E-state index contributed by atoms with van der Waals surface area (Å²) in [6, 6.07) is 10.7. The van der Waals surface area contributed by atoms with Gasteiger partial charge in [0.2, 0.25) is 0 Å². The lowest BCUT2D eigenvalue weighted by atomic mass is 10.0. The lowest BCUT2D eigenvalue weighted by Crippen LogP contribution is -2.48. The van der Waals surface area contributed by atoms with E-state index in [1.165, 1.54) is 4.88 Å². The van der Waals surface area contributed by atoms with Gasteiger partial charge in [0.15, 0.2) is 11.8 Å². The zero-order valence-electron chi connectivity index (χ0n) is 18.6. The number of halogens is 1. The normalized spacial score (nSPS) is 15.4. The molecule has 1 aliphatic rings. The molecule has 0 aliphatic carbocycles. The van der Waals surface area contributed by atoms with Gasteiger partial charge < -0.3 is 15.2 Å². The first-order valence-corrected chi connectivity index (χ1v) is 11.6. The number of nitrogens with one attached hydrogen (secondary N) is 2. The van der Waals surface area contributed by atoms with Crippen LogP contribution in [0, 0.1) is 6.92 Å². The Morgan fingerprint density at radius 2 is 2.03 bits per heavy atom. The predicted molar refractivity (Wildman–Crippen MR) is 139 cm³/mol. The molecule has 0 amide bonds. The van der Waals surface area contributed by atoms with Gasteiger partial charge in [-0.1, -0.05) is 12.1 Å². The molecule has 32 heavy (non-hydrogen) atoms. The zero-order chi connectivity index (χ0) is 21.5. The highest BCUT2D eigenvalue weighted by Gasteiger charge is 2.20. The van der Waals surface area contributed by atoms with E-state index in [1.54, 1.807) is 11.3 Å². The van der Waals surface area contributed by atoms with Crippen LogP contribution in [0.15, 0.2) is 46.9 Å². The summed E-state index contributed by atoms with van der Waals surface area (Å²) in [6.07, 6.45) is 4.02. The van der Waals surface area contributed by atoms with Crippen molar-refractivity contribution in [3.05, 3.63) is 64.1 Å². The molecule has 8 nitrogen and oxygen atoms in total. The molecule has 0 atom stereocenters. The van der Waals surface area contributed by atoms with Crippen LogP contribution >= 0.6 is 35.3 Å². The van der Waals surface area contributed by atoms with Crippen LogP contribution in [0.1, 0.15) is 35.1 Å². The molecule has 172 valence electrons. The second kappa shape index (κ2) is 12.3. The predicted octanol–water partition coefficient (Wildman–Crippen LogP) is 3.10. The van der Waals surface area contributed by atoms with Crippen LogP contribution in [-0.2, 0) is 26.7 Å². The molecule has 3 aromatic heterocycles. The number of aromatic nitrogens is 4. The second-order valence-corrected chi connectivity index (χ2v) is 8.87. The van der Waals surface area contributed by atoms with Crippen LogP contribution in [0.4, 0.5) is 0 Å². The maximum absolute atomic E-state index is 4.80. The Labute approximate surface area is 210 Å². The van der Waals surface area contributed by atoms with Gasteiger partial charge >= 0.3 is 0 Å². The highest BCUT2D eigenvalue weighted by Crippen LogP contribution is 2.13. The van der Waals surface area contributed by atoms with Crippen molar-refractivity contribution < 1.29 is 0 Å². The molecule has 2 N–H and O–H groups in total. The van der Waals surface area contributed by atoms with E-state index < -0.39 is 0 Å². The first kappa shape index (κ1) is 24.6. The van der Waals surface area contributed by atoms with Crippen LogP contribution in [0.5, 0.6) is 0 Å². The molecule has 0 bridgehead atoms. The number of piperidine rings is 1. The third-order valence-electron chi connectivity index (χ3n) is 5.61. The van der Waals surface area contributed by atoms with Crippen molar-refractivity contribution in [3.8, 4) is 0 Å². The van der Waals surface area contributed by atoms with Gasteiger partial charge in [0.25, 0.3) is 0 Å². The summed E-state index contributed by atoms with van der Waals surface area (Å²) in [7, 11) is 1.98. The Balaban J connectivity index is 0.00000289. The Kier molecular flexibility index (Phi) is 9.42. The standard InChI is InChI=1S/C22H30N8S.HI/c1-17-27-28-21(29(17)2)15-25-22(24-14-20-7-5-13-31-20)26-18-8-11-30(12-9-18)16-19-6-3-4-10-23-19;/h3-7,10,13,18H,8-9,11-12,14-16H2,1-2H3,(H2,24,25,26);1H. The van der Waals surface area contributed by atoms with Crippen molar-refractivity contribution in [2.75, 3.05) is 13.1 Å². The maximum atomic E-state index is 4.80. The van der Waals surface area contributed by atoms with Gasteiger partial charge in [-0.15, -0.1) is 45.5 Å². The molecule has 10 heteroatoms. The van der Waals surface area contributed by atoms with E-state index in [2.05, 4.69) is 60.4 Å². The number of thiophene rings is 1. The number of rotatable bonds is 7. The van der Waals surface area contributed by atoms with Crippen molar-refractivity contribution in [3.63, 3.8) is 0 Å². The summed E-state index contributed by atoms with van der Waals surface area (Å²) in [6.45, 7) is 6.23. The summed E-state index contributed by atoms with van der Waals surface area (Å²) in [4.78, 5) is 13.0. The summed E-state index contributed by atoms with van der Waals surface area (Å²) in [5, 5.41) is 17.6. The van der Waals surface area contributed by atoms with Gasteiger partial charge in [0.05, 0.1) is 12.2 Å². The first-order valence-electron chi connectivity index (χ1n) is 10.7. The average Bonchev–Trinajstić information content (AvgIpc) is 3.43. The first-order chi connectivity index (χ1) is 15.2. The smallest absolute Gasteiger partial charge is 0.192 e. The average molecular weight is 567 g/mol. The molecule has 1 aliphatic heterocycles. The molecular weight excluding hydrogens is 535 g/mol. The number of guanidine groups is 1. The number of hydrogen-bond donors (Lipinski definition) is 2. The molecule has 0 radical (unpaired) electrons. The van der Waals surface area contributed by atoms with Gasteiger partial charge in [-0.05, 0) is 43.3 Å². The Hall–Kier alpha value is -2.05. The number of pyridine rings is 1. The second-order valence-electron chi connectivity index (χ2n) is 7.84. The zero-order valence-corrected chi connectivity index (χ0v) is 21.7. The molecular formula is C22H31IN8S. The van der Waals surface area contributed by atoms with Crippen molar-refractivity contribution >= 4 is 41.3 Å². The van der Waals surface area contributed by atoms with Crippen LogP contribution in [0.25, 0.3) is 0 Å². The van der Waals surface area contributed by atoms with E-state index in [1.807, 2.05) is 30.8 Å². The largest absolute Gasteiger partial charge is 0.354 e. The molecule has 0 saturated carbocycles. The quantitative estimate of drug-likeness (QED) is 0.260. The number of hydrogen-bond acceptors (Lipinski definition) is 6. The minimum Gasteiger partial charge on any atom is -0.354 e. The van der Waals surface area contributed by atoms with Gasteiger partial charge in [-0.3, -0.25) is 9.88 Å². The van der Waals surface area contributed by atoms with Crippen LogP contribution in [-0.4, -0.2) is 49.7 Å². The minimum atomic E-state index is 0. The minimum absolute atomic E-state index is 0. The van der Waals surface area contributed by atoms with Crippen molar-refractivity contribution in [1.82, 2.24) is 35.3 Å². The van der Waals surface area contributed by atoms with Gasteiger partial charge in [-0.25, -0.2) is 4.99 Å². The third kappa shape index (κ3) is 6.97. The summed E-state index contributed by atoms with van der Waals surface area (Å²) >= 11 is 1.75. The van der Waals surface area contributed by atoms with Crippen molar-refractivity contribution in [2.45, 2.75) is 45.4 Å². The lowest BCUT2D eigenvalue weighted by molar-refractivity contribution is 0.196. The van der Waals surface area contributed by atoms with Gasteiger partial charge in [0.1, 0.15) is 12.4 Å². The SMILES string of the molecule is Cc1nnc(CN=C(NCc2cccs2)NC2CCN(Cc3ccccn3)CC2)n1C.I. The summed E-state index contributed by atoms with van der Waals surface area (Å²) in [5.41, 5.74) is 1.13. The fraction of sp³-hybridized carbons (Fsp3) is 0.455. The molecule has 1 saturated heterocycles. The maximum Gasteiger partial charge on any atom is 0.192 e. The Bertz CT molecular complexity index is 965. The molecule has 1 fully saturated rings. The Morgan fingerprint density at radius 1 is 1.19 bits per heavy atom. The van der Waals surface area contributed by atoms with Crippen molar-refractivity contribution in [2.24, 2.45) is 12.0 Å². The highest BCUT2D eigenvalue weighted by atomic mass is 127. The van der Waals surface area contributed by atoms with E-state index in [0.29, 0.717) is 12.6 Å². The van der Waals surface area contributed by atoms with Gasteiger partial charge in [0, 0.05) is 43.8 Å². The summed E-state index contributed by atoms with van der Waals surface area (Å²) < 4.78 is 1.98. The molecule has 4 heterocycles. The highest BCUT2D eigenvalue weighted by molar-refractivity contribution is 14.0. The monoisotopic (exact) mass is 566 g/mol. The number of aryl methyl sites for hydroxylation is 1. The van der Waals surface area contributed by atoms with Crippen LogP contribution in [0.3, 0.4) is 0 Å². The lowest BCUT2D eigenvalue weighted by Gasteiger charge is -2.32. The van der Waals surface area contributed by atoms with E-state index in [4.69, 9.17) is 4.99 Å². The molecule has 3 aromatic rings. The van der Waals surface area contributed by atoms with E-state index in [0.717, 1.165) is 62.3 Å². The fourth-order valence-electron chi connectivity index (χ4n) is 3.62. The topological polar surface area (TPSA) is 83.3 Å². The number of nitrogens with zero attached hydrogens (tertiary/aromatic N) is 6. The summed E-state index contributed by atoms with van der Waals surface area (Å²) in [5.74, 6) is 2.59. The van der Waals surface area contributed by atoms with E-state index in [9.17, 15) is 0 Å².